The summed E-state index contributed by atoms with van der Waals surface area (Å²) in [4.78, 5) is 16.4. The third kappa shape index (κ3) is 4.50. The van der Waals surface area contributed by atoms with Crippen molar-refractivity contribution in [1.82, 2.24) is 15.2 Å². The highest BCUT2D eigenvalue weighted by atomic mass is 79.9. The van der Waals surface area contributed by atoms with Gasteiger partial charge in [0.15, 0.2) is 5.82 Å². The van der Waals surface area contributed by atoms with Gasteiger partial charge in [-0.05, 0) is 30.3 Å². The lowest BCUT2D eigenvalue weighted by Gasteiger charge is -2.07. The zero-order valence-electron chi connectivity index (χ0n) is 13.0. The number of hydrogen-bond acceptors (Lipinski definition) is 5. The fourth-order valence-corrected chi connectivity index (χ4v) is 3.35. The molecule has 26 heavy (non-hydrogen) atoms. The molecule has 0 atom stereocenters. The number of amides is 1. The van der Waals surface area contributed by atoms with Crippen LogP contribution in [0, 0.1) is 0 Å². The van der Waals surface area contributed by atoms with Crippen LogP contribution in [0.25, 0.3) is 11.4 Å². The highest BCUT2D eigenvalue weighted by molar-refractivity contribution is 9.10. The van der Waals surface area contributed by atoms with E-state index in [4.69, 9.17) is 23.2 Å². The highest BCUT2D eigenvalue weighted by Crippen LogP contribution is 2.31. The molecule has 0 aliphatic rings. The van der Waals surface area contributed by atoms with Gasteiger partial charge in [0.25, 0.3) is 0 Å². The van der Waals surface area contributed by atoms with Gasteiger partial charge in [-0.2, -0.15) is 0 Å². The van der Waals surface area contributed by atoms with Gasteiger partial charge in [0.05, 0.1) is 27.0 Å². The quantitative estimate of drug-likeness (QED) is 0.454. The van der Waals surface area contributed by atoms with Crippen molar-refractivity contribution in [3.63, 3.8) is 0 Å². The largest absolute Gasteiger partial charge is 0.507 e. The summed E-state index contributed by atoms with van der Waals surface area (Å²) in [6, 6.07) is 9.99. The van der Waals surface area contributed by atoms with E-state index in [2.05, 4.69) is 36.4 Å². The molecular formula is C16H11BrCl2N4O2S. The van der Waals surface area contributed by atoms with Crippen LogP contribution in [0.15, 0.2) is 46.0 Å². The molecule has 0 unspecified atom stereocenters. The normalized spacial score (nSPS) is 10.7. The number of rotatable bonds is 5. The molecule has 0 aliphatic heterocycles. The molecule has 0 bridgehead atoms. The summed E-state index contributed by atoms with van der Waals surface area (Å²) < 4.78 is 0.800. The fourth-order valence-electron chi connectivity index (χ4n) is 2.05. The SMILES string of the molecule is O=C(CSc1n[nH]c(-c2cc(Br)ccc2O)n1)Nc1cccc(Cl)c1Cl. The molecule has 0 saturated carbocycles. The van der Waals surface area contributed by atoms with Crippen LogP contribution in [0.3, 0.4) is 0 Å². The Morgan fingerprint density at radius 1 is 1.31 bits per heavy atom. The van der Waals surface area contributed by atoms with Gasteiger partial charge in [0.1, 0.15) is 5.75 Å². The van der Waals surface area contributed by atoms with Crippen LogP contribution in [0.1, 0.15) is 0 Å². The number of aromatic hydroxyl groups is 1. The molecule has 6 nitrogen and oxygen atoms in total. The maximum Gasteiger partial charge on any atom is 0.234 e. The van der Waals surface area contributed by atoms with E-state index in [-0.39, 0.29) is 22.4 Å². The minimum atomic E-state index is -0.268. The molecule has 134 valence electrons. The Kier molecular flexibility index (Phi) is 6.08. The molecule has 10 heteroatoms. The van der Waals surface area contributed by atoms with Crippen molar-refractivity contribution in [1.29, 1.82) is 0 Å². The third-order valence-electron chi connectivity index (χ3n) is 3.24. The summed E-state index contributed by atoms with van der Waals surface area (Å²) in [5, 5.41) is 20.4. The average molecular weight is 474 g/mol. The number of phenolic OH excluding ortho intramolecular Hbond substituents is 1. The molecule has 3 aromatic rings. The van der Waals surface area contributed by atoms with E-state index in [9.17, 15) is 9.90 Å². The first-order valence-corrected chi connectivity index (χ1v) is 9.75. The van der Waals surface area contributed by atoms with Crippen LogP contribution in [-0.2, 0) is 4.79 Å². The number of nitrogens with zero attached hydrogens (tertiary/aromatic N) is 2. The molecule has 1 amide bonds. The smallest absolute Gasteiger partial charge is 0.234 e. The Morgan fingerprint density at radius 3 is 2.92 bits per heavy atom. The van der Waals surface area contributed by atoms with Gasteiger partial charge in [-0.1, -0.05) is 57.0 Å². The van der Waals surface area contributed by atoms with Crippen LogP contribution in [0.2, 0.25) is 10.0 Å². The van der Waals surface area contributed by atoms with Crippen molar-refractivity contribution < 1.29 is 9.90 Å². The van der Waals surface area contributed by atoms with Crippen LogP contribution >= 0.6 is 50.9 Å². The van der Waals surface area contributed by atoms with E-state index in [1.54, 1.807) is 36.4 Å². The predicted octanol–water partition coefficient (Wildman–Crippen LogP) is 4.98. The molecule has 3 rings (SSSR count). The number of halogens is 3. The maximum atomic E-state index is 12.1. The number of nitrogens with one attached hydrogen (secondary N) is 2. The number of carbonyl (C=O) groups excluding carboxylic acids is 1. The zero-order chi connectivity index (χ0) is 18.7. The number of aromatic amines is 1. The fraction of sp³-hybridized carbons (Fsp3) is 0.0625. The predicted molar refractivity (Wildman–Crippen MR) is 107 cm³/mol. The van der Waals surface area contributed by atoms with Crippen LogP contribution in [-0.4, -0.2) is 31.9 Å². The number of phenols is 1. The first kappa shape index (κ1) is 19.0. The minimum absolute atomic E-state index is 0.0780. The summed E-state index contributed by atoms with van der Waals surface area (Å²) in [6.45, 7) is 0. The van der Waals surface area contributed by atoms with Crippen molar-refractivity contribution in [3.05, 3.63) is 50.9 Å². The van der Waals surface area contributed by atoms with Crippen LogP contribution in [0.5, 0.6) is 5.75 Å². The van der Waals surface area contributed by atoms with Gasteiger partial charge < -0.3 is 10.4 Å². The number of anilines is 1. The van der Waals surface area contributed by atoms with E-state index < -0.39 is 0 Å². The Hall–Kier alpha value is -1.74. The molecule has 2 aromatic carbocycles. The van der Waals surface area contributed by atoms with E-state index >= 15 is 0 Å². The monoisotopic (exact) mass is 472 g/mol. The number of aromatic nitrogens is 3. The van der Waals surface area contributed by atoms with Crippen LogP contribution in [0.4, 0.5) is 5.69 Å². The van der Waals surface area contributed by atoms with E-state index in [0.29, 0.717) is 27.3 Å². The number of benzene rings is 2. The lowest BCUT2D eigenvalue weighted by molar-refractivity contribution is -0.113. The molecule has 0 radical (unpaired) electrons. The summed E-state index contributed by atoms with van der Waals surface area (Å²) in [7, 11) is 0. The van der Waals surface area contributed by atoms with Gasteiger partial charge in [0.2, 0.25) is 11.1 Å². The lowest BCUT2D eigenvalue weighted by atomic mass is 10.2. The van der Waals surface area contributed by atoms with E-state index in [0.717, 1.165) is 16.2 Å². The maximum absolute atomic E-state index is 12.1. The van der Waals surface area contributed by atoms with Gasteiger partial charge in [-0.3, -0.25) is 9.89 Å². The second-order valence-electron chi connectivity index (χ2n) is 5.07. The second-order valence-corrected chi connectivity index (χ2v) is 7.71. The summed E-state index contributed by atoms with van der Waals surface area (Å²) >= 11 is 16.5. The first-order valence-electron chi connectivity index (χ1n) is 7.22. The van der Waals surface area contributed by atoms with Gasteiger partial charge >= 0.3 is 0 Å². The third-order valence-corrected chi connectivity index (χ3v) is 5.40. The standard InChI is InChI=1S/C16H11BrCl2N4O2S/c17-8-4-5-12(24)9(6-8)15-21-16(23-22-15)26-7-13(25)20-11-3-1-2-10(18)14(11)19/h1-6,24H,7H2,(H,20,25)(H,21,22,23). The highest BCUT2D eigenvalue weighted by Gasteiger charge is 2.13. The second kappa shape index (κ2) is 8.30. The summed E-state index contributed by atoms with van der Waals surface area (Å²) in [6.07, 6.45) is 0. The molecule has 0 spiro atoms. The van der Waals surface area contributed by atoms with Gasteiger partial charge in [-0.15, -0.1) is 5.10 Å². The van der Waals surface area contributed by atoms with Crippen molar-refractivity contribution in [2.75, 3.05) is 11.1 Å². The van der Waals surface area contributed by atoms with Crippen molar-refractivity contribution in [3.8, 4) is 17.1 Å². The number of carbonyl (C=O) groups is 1. The van der Waals surface area contributed by atoms with Crippen molar-refractivity contribution in [2.45, 2.75) is 5.16 Å². The molecule has 0 saturated heterocycles. The molecule has 1 heterocycles. The number of H-pyrrole nitrogens is 1. The minimum Gasteiger partial charge on any atom is -0.507 e. The van der Waals surface area contributed by atoms with Gasteiger partial charge in [-0.25, -0.2) is 4.98 Å². The lowest BCUT2D eigenvalue weighted by Crippen LogP contribution is -2.14. The Morgan fingerprint density at radius 2 is 2.12 bits per heavy atom. The molecule has 0 fully saturated rings. The molecule has 3 N–H and O–H groups in total. The Balaban J connectivity index is 1.64. The molecule has 0 aliphatic carbocycles. The Bertz CT molecular complexity index is 967. The molecule has 1 aromatic heterocycles. The van der Waals surface area contributed by atoms with Crippen molar-refractivity contribution >= 4 is 62.5 Å². The summed E-state index contributed by atoms with van der Waals surface area (Å²) in [5.41, 5.74) is 0.952. The van der Waals surface area contributed by atoms with E-state index in [1.165, 1.54) is 0 Å². The van der Waals surface area contributed by atoms with Crippen LogP contribution < -0.4 is 5.32 Å². The van der Waals surface area contributed by atoms with Gasteiger partial charge in [0, 0.05) is 4.47 Å². The topological polar surface area (TPSA) is 90.9 Å². The van der Waals surface area contributed by atoms with Crippen molar-refractivity contribution in [2.24, 2.45) is 0 Å². The number of thioether (sulfide) groups is 1. The summed E-state index contributed by atoms with van der Waals surface area (Å²) in [5.74, 6) is 0.305. The average Bonchev–Trinajstić information content (AvgIpc) is 3.08. The molecular weight excluding hydrogens is 463 g/mol. The van der Waals surface area contributed by atoms with E-state index in [1.807, 2.05) is 0 Å². The Labute approximate surface area is 171 Å². The number of hydrogen-bond donors (Lipinski definition) is 3. The zero-order valence-corrected chi connectivity index (χ0v) is 16.9. The first-order chi connectivity index (χ1) is 12.4.